The van der Waals surface area contributed by atoms with Crippen LogP contribution in [-0.2, 0) is 9.53 Å². The van der Waals surface area contributed by atoms with Gasteiger partial charge < -0.3 is 24.8 Å². The van der Waals surface area contributed by atoms with E-state index in [1.165, 1.54) is 26.4 Å². The number of hydrogen-bond acceptors (Lipinski definition) is 8. The topological polar surface area (TPSA) is 112 Å². The van der Waals surface area contributed by atoms with Gasteiger partial charge in [0.15, 0.2) is 17.6 Å². The lowest BCUT2D eigenvalue weighted by atomic mass is 10.0. The number of nitro benzene ring substituents is 1. The van der Waals surface area contributed by atoms with E-state index in [-0.39, 0.29) is 23.1 Å². The van der Waals surface area contributed by atoms with Crippen LogP contribution in [0.1, 0.15) is 11.7 Å². The quantitative estimate of drug-likeness (QED) is 0.625. The number of nitrogens with one attached hydrogen (secondary N) is 2. The van der Waals surface area contributed by atoms with E-state index in [1.54, 1.807) is 24.3 Å². The zero-order chi connectivity index (χ0) is 19.1. The molecule has 0 unspecified atom stereocenters. The van der Waals surface area contributed by atoms with Crippen molar-refractivity contribution in [2.24, 2.45) is 0 Å². The van der Waals surface area contributed by atoms with Crippen molar-refractivity contribution in [3.8, 4) is 11.5 Å². The number of carbonyl (C=O) groups is 1. The molecule has 2 aromatic rings. The second-order valence-electron chi connectivity index (χ2n) is 5.92. The third kappa shape index (κ3) is 2.69. The van der Waals surface area contributed by atoms with Crippen LogP contribution in [0, 0.1) is 10.1 Å². The van der Waals surface area contributed by atoms with Gasteiger partial charge in [0.25, 0.3) is 5.69 Å². The molecule has 0 aliphatic carbocycles. The van der Waals surface area contributed by atoms with Gasteiger partial charge in [0.1, 0.15) is 5.70 Å². The number of fused-ring (bicyclic) bond motifs is 1. The second-order valence-corrected chi connectivity index (χ2v) is 5.92. The molecule has 1 atom stereocenters. The number of hydrogen-bond donors (Lipinski definition) is 2. The molecule has 2 aromatic carbocycles. The van der Waals surface area contributed by atoms with Gasteiger partial charge in [-0.2, -0.15) is 0 Å². The summed E-state index contributed by atoms with van der Waals surface area (Å²) in [7, 11) is 3.04. The third-order valence-electron chi connectivity index (χ3n) is 4.38. The zero-order valence-corrected chi connectivity index (χ0v) is 14.4. The summed E-state index contributed by atoms with van der Waals surface area (Å²) in [6, 6.07) is 9.38. The highest BCUT2D eigenvalue weighted by Crippen LogP contribution is 2.42. The number of nitrogens with zero attached hydrogens (tertiary/aromatic N) is 1. The lowest BCUT2D eigenvalue weighted by Crippen LogP contribution is -2.18. The van der Waals surface area contributed by atoms with Crippen molar-refractivity contribution >= 4 is 22.8 Å². The van der Waals surface area contributed by atoms with E-state index in [1.807, 2.05) is 0 Å². The molecule has 0 spiro atoms. The Morgan fingerprint density at radius 2 is 1.81 bits per heavy atom. The predicted octanol–water partition coefficient (Wildman–Crippen LogP) is 2.96. The average molecular weight is 369 g/mol. The Morgan fingerprint density at radius 3 is 2.52 bits per heavy atom. The van der Waals surface area contributed by atoms with Crippen LogP contribution in [0.5, 0.6) is 11.5 Å². The lowest BCUT2D eigenvalue weighted by molar-refractivity contribution is -0.384. The van der Waals surface area contributed by atoms with Crippen molar-refractivity contribution in [3.05, 3.63) is 63.7 Å². The third-order valence-corrected chi connectivity index (χ3v) is 4.38. The highest BCUT2D eigenvalue weighted by atomic mass is 16.6. The molecule has 2 aliphatic rings. The first-order valence-corrected chi connectivity index (χ1v) is 8.01. The van der Waals surface area contributed by atoms with Gasteiger partial charge in [0, 0.05) is 17.7 Å². The van der Waals surface area contributed by atoms with Crippen LogP contribution in [0.15, 0.2) is 48.0 Å². The van der Waals surface area contributed by atoms with Crippen LogP contribution in [0.4, 0.5) is 17.1 Å². The normalized spacial score (nSPS) is 17.3. The van der Waals surface area contributed by atoms with Crippen molar-refractivity contribution in [1.29, 1.82) is 0 Å². The Hall–Kier alpha value is -3.75. The number of benzene rings is 2. The lowest BCUT2D eigenvalue weighted by Gasteiger charge is -2.19. The van der Waals surface area contributed by atoms with Gasteiger partial charge in [-0.15, -0.1) is 0 Å². The van der Waals surface area contributed by atoms with Gasteiger partial charge in [0.2, 0.25) is 11.7 Å². The Bertz CT molecular complexity index is 1000. The summed E-state index contributed by atoms with van der Waals surface area (Å²) >= 11 is 0. The molecular weight excluding hydrogens is 354 g/mol. The molecule has 0 aromatic heterocycles. The van der Waals surface area contributed by atoms with Crippen LogP contribution in [-0.4, -0.2) is 24.9 Å². The van der Waals surface area contributed by atoms with Crippen LogP contribution in [0.2, 0.25) is 0 Å². The molecule has 2 aliphatic heterocycles. The van der Waals surface area contributed by atoms with Gasteiger partial charge in [-0.1, -0.05) is 6.07 Å². The number of rotatable bonds is 4. The first kappa shape index (κ1) is 16.7. The number of carbonyl (C=O) groups excluding carboxylic acids is 1. The van der Waals surface area contributed by atoms with Crippen molar-refractivity contribution < 1.29 is 23.9 Å². The van der Waals surface area contributed by atoms with Crippen LogP contribution in [0.3, 0.4) is 0 Å². The van der Waals surface area contributed by atoms with Crippen LogP contribution >= 0.6 is 0 Å². The molecule has 0 bridgehead atoms. The molecule has 9 nitrogen and oxygen atoms in total. The highest BCUT2D eigenvalue weighted by molar-refractivity contribution is 6.06. The molecule has 0 fully saturated rings. The summed E-state index contributed by atoms with van der Waals surface area (Å²) in [5.74, 6) is 0.998. The Balaban J connectivity index is 1.63. The summed E-state index contributed by atoms with van der Waals surface area (Å²) < 4.78 is 16.3. The number of nitro groups is 1. The summed E-state index contributed by atoms with van der Waals surface area (Å²) in [5, 5.41) is 16.9. The molecule has 9 heteroatoms. The first-order chi connectivity index (χ1) is 13.0. The maximum Gasteiger partial charge on any atom is 0.271 e. The minimum atomic E-state index is -0.862. The van der Waals surface area contributed by atoms with E-state index in [9.17, 15) is 14.9 Å². The molecule has 2 heterocycles. The monoisotopic (exact) mass is 369 g/mol. The number of methoxy groups -OCH3 is 2. The average Bonchev–Trinajstić information content (AvgIpc) is 3.00. The SMILES string of the molecule is COc1ccc([C@@H]2OC3=C(Nc4ccc([N+](=O)[O-])cc4N3)C2=O)cc1OC. The smallest absolute Gasteiger partial charge is 0.271 e. The van der Waals surface area contributed by atoms with E-state index in [4.69, 9.17) is 14.2 Å². The molecule has 4 rings (SSSR count). The fourth-order valence-electron chi connectivity index (χ4n) is 3.03. The molecule has 0 radical (unpaired) electrons. The number of anilines is 2. The van der Waals surface area contributed by atoms with Gasteiger partial charge in [-0.3, -0.25) is 14.9 Å². The molecule has 0 saturated carbocycles. The molecule has 0 amide bonds. The minimum absolute atomic E-state index is 0.0622. The van der Waals surface area contributed by atoms with Gasteiger partial charge in [-0.25, -0.2) is 0 Å². The van der Waals surface area contributed by atoms with E-state index in [0.29, 0.717) is 28.4 Å². The highest BCUT2D eigenvalue weighted by Gasteiger charge is 2.39. The van der Waals surface area contributed by atoms with Gasteiger partial charge in [0.05, 0.1) is 30.5 Å². The second kappa shape index (κ2) is 6.20. The Kier molecular flexibility index (Phi) is 3.84. The molecule has 138 valence electrons. The van der Waals surface area contributed by atoms with E-state index < -0.39 is 11.0 Å². The summed E-state index contributed by atoms with van der Waals surface area (Å²) in [5.41, 5.74) is 1.84. The largest absolute Gasteiger partial charge is 0.493 e. The standard InChI is InChI=1S/C18H15N3O6/c1-25-13-6-3-9(7-14(13)26-2)17-16(22)15-18(27-17)20-12-8-10(21(23)24)4-5-11(12)19-15/h3-8,17,19-20H,1-2H3/t17-/m0/s1. The first-order valence-electron chi connectivity index (χ1n) is 8.01. The van der Waals surface area contributed by atoms with Gasteiger partial charge >= 0.3 is 0 Å². The van der Waals surface area contributed by atoms with Crippen molar-refractivity contribution in [3.63, 3.8) is 0 Å². The molecular formula is C18H15N3O6. The zero-order valence-electron chi connectivity index (χ0n) is 14.4. The molecule has 2 N–H and O–H groups in total. The Labute approximate surface area is 153 Å². The summed E-state index contributed by atoms with van der Waals surface area (Å²) in [4.78, 5) is 23.3. The van der Waals surface area contributed by atoms with Crippen molar-refractivity contribution in [2.45, 2.75) is 6.10 Å². The van der Waals surface area contributed by atoms with Crippen LogP contribution in [0.25, 0.3) is 0 Å². The molecule has 27 heavy (non-hydrogen) atoms. The van der Waals surface area contributed by atoms with E-state index in [0.717, 1.165) is 0 Å². The number of ether oxygens (including phenoxy) is 3. The number of Topliss-reactive ketones (excluding diaryl/α,β-unsaturated/α-hetero) is 1. The fourth-order valence-corrected chi connectivity index (χ4v) is 3.03. The van der Waals surface area contributed by atoms with Crippen LogP contribution < -0.4 is 20.1 Å². The van der Waals surface area contributed by atoms with E-state index in [2.05, 4.69) is 10.6 Å². The number of ketones is 1. The Morgan fingerprint density at radius 1 is 1.04 bits per heavy atom. The fraction of sp³-hybridized carbons (Fsp3) is 0.167. The minimum Gasteiger partial charge on any atom is -0.493 e. The van der Waals surface area contributed by atoms with Crippen molar-refractivity contribution in [2.75, 3.05) is 24.9 Å². The van der Waals surface area contributed by atoms with Gasteiger partial charge in [-0.05, 0) is 18.2 Å². The summed E-state index contributed by atoms with van der Waals surface area (Å²) in [6.07, 6.45) is -0.862. The number of non-ortho nitro benzene ring substituents is 1. The predicted molar refractivity (Wildman–Crippen MR) is 95.7 cm³/mol. The maximum atomic E-state index is 12.8. The maximum absolute atomic E-state index is 12.8. The molecule has 0 saturated heterocycles. The van der Waals surface area contributed by atoms with Crippen molar-refractivity contribution in [1.82, 2.24) is 0 Å². The summed E-state index contributed by atoms with van der Waals surface area (Å²) in [6.45, 7) is 0. The van der Waals surface area contributed by atoms with E-state index >= 15 is 0 Å².